The molecule has 0 saturated carbocycles. The Labute approximate surface area is 74.9 Å². The molecule has 0 radical (unpaired) electrons. The molecule has 3 N–H and O–H groups in total. The van der Waals surface area contributed by atoms with Crippen LogP contribution in [0, 0.1) is 10.1 Å². The minimum Gasteiger partial charge on any atom is -0.378 e. The minimum absolute atomic E-state index is 0.00741. The van der Waals surface area contributed by atoms with Crippen molar-refractivity contribution >= 4 is 5.69 Å². The number of hydrogen-bond acceptors (Lipinski definition) is 4. The van der Waals surface area contributed by atoms with Gasteiger partial charge in [0.15, 0.2) is 0 Å². The lowest BCUT2D eigenvalue weighted by atomic mass is 10.1. The summed E-state index contributed by atoms with van der Waals surface area (Å²) in [5.41, 5.74) is 5.57. The van der Waals surface area contributed by atoms with Gasteiger partial charge in [-0.05, 0) is 0 Å². The van der Waals surface area contributed by atoms with Crippen molar-refractivity contribution in [2.24, 2.45) is 5.73 Å². The fraction of sp³-hybridized carbons (Fsp3) is 0.250. The smallest absolute Gasteiger partial charge is 0.272 e. The van der Waals surface area contributed by atoms with Crippen LogP contribution in [0.3, 0.4) is 0 Å². The SMILES string of the molecule is NC(O)Cc1ccccc1[N+](=O)[O-]. The molecule has 13 heavy (non-hydrogen) atoms. The average Bonchev–Trinajstić information content (AvgIpc) is 2.03. The number of nitro groups is 1. The van der Waals surface area contributed by atoms with E-state index in [-0.39, 0.29) is 12.1 Å². The Morgan fingerprint density at radius 1 is 1.54 bits per heavy atom. The topological polar surface area (TPSA) is 89.4 Å². The minimum atomic E-state index is -1.05. The predicted molar refractivity (Wildman–Crippen MR) is 47.0 cm³/mol. The molecular formula is C8H10N2O3. The molecule has 0 aliphatic heterocycles. The van der Waals surface area contributed by atoms with Crippen molar-refractivity contribution in [2.75, 3.05) is 0 Å². The van der Waals surface area contributed by atoms with Gasteiger partial charge in [0.25, 0.3) is 5.69 Å². The van der Waals surface area contributed by atoms with Crippen LogP contribution in [-0.4, -0.2) is 16.3 Å². The lowest BCUT2D eigenvalue weighted by molar-refractivity contribution is -0.385. The molecular weight excluding hydrogens is 172 g/mol. The number of hydrogen-bond donors (Lipinski definition) is 2. The Morgan fingerprint density at radius 2 is 2.15 bits per heavy atom. The van der Waals surface area contributed by atoms with Crippen LogP contribution in [0.25, 0.3) is 0 Å². The summed E-state index contributed by atoms with van der Waals surface area (Å²) in [6.45, 7) is 0. The predicted octanol–water partition coefficient (Wildman–Crippen LogP) is 0.414. The summed E-state index contributed by atoms with van der Waals surface area (Å²) in [5, 5.41) is 19.4. The number of benzene rings is 1. The van der Waals surface area contributed by atoms with Crippen molar-refractivity contribution < 1.29 is 10.0 Å². The van der Waals surface area contributed by atoms with Crippen molar-refractivity contribution in [1.29, 1.82) is 0 Å². The van der Waals surface area contributed by atoms with E-state index in [1.807, 2.05) is 0 Å². The highest BCUT2D eigenvalue weighted by atomic mass is 16.6. The Hall–Kier alpha value is -1.46. The van der Waals surface area contributed by atoms with Gasteiger partial charge in [-0.15, -0.1) is 0 Å². The Balaban J connectivity index is 2.98. The summed E-state index contributed by atoms with van der Waals surface area (Å²) in [7, 11) is 0. The molecule has 0 fully saturated rings. The molecule has 5 nitrogen and oxygen atoms in total. The van der Waals surface area contributed by atoms with E-state index in [0.29, 0.717) is 5.56 Å². The number of nitrogens with two attached hydrogens (primary N) is 1. The first-order chi connectivity index (χ1) is 6.11. The molecule has 0 amide bonds. The van der Waals surface area contributed by atoms with Crippen molar-refractivity contribution in [1.82, 2.24) is 0 Å². The van der Waals surface area contributed by atoms with E-state index >= 15 is 0 Å². The molecule has 0 bridgehead atoms. The Bertz CT molecular complexity index is 312. The van der Waals surface area contributed by atoms with Gasteiger partial charge in [0, 0.05) is 18.1 Å². The van der Waals surface area contributed by atoms with E-state index in [9.17, 15) is 10.1 Å². The molecule has 70 valence electrons. The zero-order valence-electron chi connectivity index (χ0n) is 6.88. The molecule has 0 aliphatic rings. The van der Waals surface area contributed by atoms with Crippen LogP contribution in [-0.2, 0) is 6.42 Å². The lowest BCUT2D eigenvalue weighted by Gasteiger charge is -2.04. The van der Waals surface area contributed by atoms with E-state index < -0.39 is 11.2 Å². The molecule has 1 aromatic carbocycles. The van der Waals surface area contributed by atoms with Gasteiger partial charge in [0.05, 0.1) is 4.92 Å². The number of para-hydroxylation sites is 1. The van der Waals surface area contributed by atoms with Gasteiger partial charge in [-0.25, -0.2) is 0 Å². The van der Waals surface area contributed by atoms with Crippen LogP contribution in [0.5, 0.6) is 0 Å². The first-order valence-corrected chi connectivity index (χ1v) is 3.77. The highest BCUT2D eigenvalue weighted by molar-refractivity contribution is 5.39. The fourth-order valence-electron chi connectivity index (χ4n) is 1.09. The van der Waals surface area contributed by atoms with Crippen molar-refractivity contribution in [3.05, 3.63) is 39.9 Å². The van der Waals surface area contributed by atoms with Crippen LogP contribution in [0.15, 0.2) is 24.3 Å². The van der Waals surface area contributed by atoms with Gasteiger partial charge in [0.1, 0.15) is 6.23 Å². The van der Waals surface area contributed by atoms with E-state index in [1.165, 1.54) is 6.07 Å². The quantitative estimate of drug-likeness (QED) is 0.402. The van der Waals surface area contributed by atoms with Crippen molar-refractivity contribution in [3.8, 4) is 0 Å². The van der Waals surface area contributed by atoms with Gasteiger partial charge in [-0.1, -0.05) is 18.2 Å². The highest BCUT2D eigenvalue weighted by Crippen LogP contribution is 2.18. The first-order valence-electron chi connectivity index (χ1n) is 3.77. The van der Waals surface area contributed by atoms with Crippen molar-refractivity contribution in [2.45, 2.75) is 12.6 Å². The van der Waals surface area contributed by atoms with Gasteiger partial charge >= 0.3 is 0 Å². The van der Waals surface area contributed by atoms with Crippen LogP contribution in [0.1, 0.15) is 5.56 Å². The third-order valence-corrected chi connectivity index (χ3v) is 1.62. The normalized spacial score (nSPS) is 12.5. The number of rotatable bonds is 3. The van der Waals surface area contributed by atoms with Crippen LogP contribution >= 0.6 is 0 Å². The number of aliphatic hydroxyl groups excluding tert-OH is 1. The summed E-state index contributed by atoms with van der Waals surface area (Å²) < 4.78 is 0. The molecule has 5 heteroatoms. The zero-order chi connectivity index (χ0) is 9.84. The van der Waals surface area contributed by atoms with Gasteiger partial charge in [0.2, 0.25) is 0 Å². The average molecular weight is 182 g/mol. The van der Waals surface area contributed by atoms with E-state index in [1.54, 1.807) is 18.2 Å². The molecule has 1 unspecified atom stereocenters. The zero-order valence-corrected chi connectivity index (χ0v) is 6.88. The molecule has 0 heterocycles. The second-order valence-corrected chi connectivity index (χ2v) is 2.66. The summed E-state index contributed by atoms with van der Waals surface area (Å²) in [6.07, 6.45) is -0.960. The molecule has 1 aromatic rings. The Kier molecular flexibility index (Phi) is 2.94. The molecule has 1 atom stereocenters. The summed E-state index contributed by atoms with van der Waals surface area (Å²) in [6, 6.07) is 6.21. The molecule has 0 spiro atoms. The molecule has 0 aliphatic carbocycles. The molecule has 0 aromatic heterocycles. The standard InChI is InChI=1S/C8H10N2O3/c9-8(11)5-6-3-1-2-4-7(6)10(12)13/h1-4,8,11H,5,9H2. The van der Waals surface area contributed by atoms with Gasteiger partial charge < -0.3 is 10.8 Å². The van der Waals surface area contributed by atoms with E-state index in [2.05, 4.69) is 0 Å². The number of aliphatic hydroxyl groups is 1. The maximum Gasteiger partial charge on any atom is 0.272 e. The number of nitro benzene ring substituents is 1. The molecule has 0 saturated heterocycles. The third kappa shape index (κ3) is 2.50. The second-order valence-electron chi connectivity index (χ2n) is 2.66. The summed E-state index contributed by atoms with van der Waals surface area (Å²) in [4.78, 5) is 10.00. The van der Waals surface area contributed by atoms with Crippen LogP contribution in [0.4, 0.5) is 5.69 Å². The van der Waals surface area contributed by atoms with Gasteiger partial charge in [-0.3, -0.25) is 10.1 Å². The third-order valence-electron chi connectivity index (χ3n) is 1.62. The summed E-state index contributed by atoms with van der Waals surface area (Å²) in [5.74, 6) is 0. The number of nitrogens with zero attached hydrogens (tertiary/aromatic N) is 1. The van der Waals surface area contributed by atoms with E-state index in [4.69, 9.17) is 10.8 Å². The largest absolute Gasteiger partial charge is 0.378 e. The monoisotopic (exact) mass is 182 g/mol. The second kappa shape index (κ2) is 3.97. The fourth-order valence-corrected chi connectivity index (χ4v) is 1.09. The first kappa shape index (κ1) is 9.63. The lowest BCUT2D eigenvalue weighted by Crippen LogP contribution is -2.21. The maximum absolute atomic E-state index is 10.5. The van der Waals surface area contributed by atoms with Crippen molar-refractivity contribution in [3.63, 3.8) is 0 Å². The van der Waals surface area contributed by atoms with E-state index in [0.717, 1.165) is 0 Å². The van der Waals surface area contributed by atoms with Crippen LogP contribution in [0.2, 0.25) is 0 Å². The maximum atomic E-state index is 10.5. The van der Waals surface area contributed by atoms with Gasteiger partial charge in [-0.2, -0.15) is 0 Å². The van der Waals surface area contributed by atoms with Crippen LogP contribution < -0.4 is 5.73 Å². The summed E-state index contributed by atoms with van der Waals surface area (Å²) >= 11 is 0. The Morgan fingerprint density at radius 3 is 2.69 bits per heavy atom. The highest BCUT2D eigenvalue weighted by Gasteiger charge is 2.13. The molecule has 1 rings (SSSR count).